The average molecular weight is 376 g/mol. The molecule has 142 valence electrons. The molecule has 1 heterocycles. The maximum Gasteiger partial charge on any atom is 0.253 e. The second-order valence-corrected chi connectivity index (χ2v) is 6.58. The van der Waals surface area contributed by atoms with Crippen molar-refractivity contribution in [3.05, 3.63) is 70.5 Å². The van der Waals surface area contributed by atoms with Crippen LogP contribution in [0.25, 0.3) is 0 Å². The van der Waals surface area contributed by atoms with Gasteiger partial charge in [-0.15, -0.1) is 0 Å². The van der Waals surface area contributed by atoms with Crippen molar-refractivity contribution in [1.29, 1.82) is 0 Å². The molecule has 2 aromatic carbocycles. The summed E-state index contributed by atoms with van der Waals surface area (Å²) in [5.74, 6) is -4.93. The minimum atomic E-state index is -1.20. The minimum Gasteiger partial charge on any atom is -0.339 e. The molecule has 0 aliphatic carbocycles. The smallest absolute Gasteiger partial charge is 0.253 e. The van der Waals surface area contributed by atoms with Gasteiger partial charge in [-0.25, -0.2) is 13.2 Å². The number of nitrogens with two attached hydrogens (primary N) is 1. The normalized spacial score (nSPS) is 15.0. The molecule has 0 bridgehead atoms. The molecule has 0 saturated carbocycles. The molecule has 2 N–H and O–H groups in total. The van der Waals surface area contributed by atoms with Gasteiger partial charge in [0, 0.05) is 43.2 Å². The van der Waals surface area contributed by atoms with Crippen molar-refractivity contribution in [3.8, 4) is 0 Å². The highest BCUT2D eigenvalue weighted by Crippen LogP contribution is 2.26. The van der Waals surface area contributed by atoms with Crippen LogP contribution in [0.5, 0.6) is 0 Å². The molecule has 0 unspecified atom stereocenters. The number of piperidine rings is 1. The molecule has 1 fully saturated rings. The number of Topliss-reactive ketones (excluding diaryl/α,β-unsaturated/α-hetero) is 1. The number of hydrogen-bond donors (Lipinski definition) is 1. The first kappa shape index (κ1) is 19.1. The quantitative estimate of drug-likeness (QED) is 0.833. The van der Waals surface area contributed by atoms with Gasteiger partial charge in [-0.05, 0) is 30.5 Å². The number of carbonyl (C=O) groups excluding carboxylic acids is 2. The fourth-order valence-corrected chi connectivity index (χ4v) is 3.29. The van der Waals surface area contributed by atoms with E-state index in [1.54, 1.807) is 29.2 Å². The molecule has 27 heavy (non-hydrogen) atoms. The summed E-state index contributed by atoms with van der Waals surface area (Å²) in [5.41, 5.74) is 6.27. The Labute approximate surface area is 154 Å². The lowest BCUT2D eigenvalue weighted by atomic mass is 9.88. The van der Waals surface area contributed by atoms with Crippen molar-refractivity contribution < 1.29 is 22.8 Å². The zero-order valence-electron chi connectivity index (χ0n) is 14.6. The summed E-state index contributed by atoms with van der Waals surface area (Å²) in [6.07, 6.45) is 0.587. The van der Waals surface area contributed by atoms with Crippen LogP contribution >= 0.6 is 0 Å². The SMILES string of the molecule is NCc1ccc(C(=O)N2CCC(C(=O)c3c(F)cc(F)cc3F)CC2)cc1. The molecule has 7 heteroatoms. The maximum absolute atomic E-state index is 13.8. The van der Waals surface area contributed by atoms with Gasteiger partial charge in [0.1, 0.15) is 17.5 Å². The van der Waals surface area contributed by atoms with Crippen molar-refractivity contribution in [3.63, 3.8) is 0 Å². The monoisotopic (exact) mass is 376 g/mol. The van der Waals surface area contributed by atoms with Gasteiger partial charge in [-0.3, -0.25) is 9.59 Å². The largest absolute Gasteiger partial charge is 0.339 e. The van der Waals surface area contributed by atoms with E-state index < -0.39 is 34.7 Å². The molecule has 0 aromatic heterocycles. The van der Waals surface area contributed by atoms with Crippen molar-refractivity contribution in [2.75, 3.05) is 13.1 Å². The van der Waals surface area contributed by atoms with E-state index in [-0.39, 0.29) is 5.91 Å². The fourth-order valence-electron chi connectivity index (χ4n) is 3.29. The summed E-state index contributed by atoms with van der Waals surface area (Å²) in [7, 11) is 0. The highest BCUT2D eigenvalue weighted by Gasteiger charge is 2.31. The third-order valence-electron chi connectivity index (χ3n) is 4.84. The molecule has 0 radical (unpaired) electrons. The van der Waals surface area contributed by atoms with Gasteiger partial charge in [0.25, 0.3) is 5.91 Å². The van der Waals surface area contributed by atoms with E-state index in [0.717, 1.165) is 5.56 Å². The molecular weight excluding hydrogens is 357 g/mol. The van der Waals surface area contributed by atoms with Crippen molar-refractivity contribution >= 4 is 11.7 Å². The van der Waals surface area contributed by atoms with Crippen LogP contribution in [0.4, 0.5) is 13.2 Å². The Balaban J connectivity index is 1.66. The molecule has 1 aliphatic heterocycles. The van der Waals surface area contributed by atoms with E-state index in [1.807, 2.05) is 0 Å². The third kappa shape index (κ3) is 4.03. The predicted octanol–water partition coefficient (Wildman–Crippen LogP) is 3.30. The Morgan fingerprint density at radius 2 is 1.56 bits per heavy atom. The van der Waals surface area contributed by atoms with Gasteiger partial charge < -0.3 is 10.6 Å². The van der Waals surface area contributed by atoms with Gasteiger partial charge in [0.15, 0.2) is 5.78 Å². The number of ketones is 1. The average Bonchev–Trinajstić information content (AvgIpc) is 2.66. The molecule has 1 aliphatic rings. The van der Waals surface area contributed by atoms with Gasteiger partial charge in [-0.1, -0.05) is 12.1 Å². The lowest BCUT2D eigenvalue weighted by Gasteiger charge is -2.31. The molecule has 0 atom stereocenters. The molecule has 4 nitrogen and oxygen atoms in total. The first-order chi connectivity index (χ1) is 12.9. The van der Waals surface area contributed by atoms with E-state index in [2.05, 4.69) is 0 Å². The van der Waals surface area contributed by atoms with Crippen LogP contribution in [0.1, 0.15) is 39.1 Å². The summed E-state index contributed by atoms with van der Waals surface area (Å²) < 4.78 is 40.7. The number of halogens is 3. The maximum atomic E-state index is 13.8. The third-order valence-corrected chi connectivity index (χ3v) is 4.84. The number of hydrogen-bond acceptors (Lipinski definition) is 3. The molecule has 1 amide bonds. The number of nitrogens with zero attached hydrogens (tertiary/aromatic N) is 1. The van der Waals surface area contributed by atoms with E-state index in [1.165, 1.54) is 0 Å². The van der Waals surface area contributed by atoms with Gasteiger partial charge in [0.2, 0.25) is 0 Å². The van der Waals surface area contributed by atoms with E-state index in [4.69, 9.17) is 5.73 Å². The summed E-state index contributed by atoms with van der Waals surface area (Å²) in [6.45, 7) is 0.995. The highest BCUT2D eigenvalue weighted by molar-refractivity contribution is 5.99. The molecule has 0 spiro atoms. The molecule has 3 rings (SSSR count). The van der Waals surface area contributed by atoms with Crippen LogP contribution in [0.3, 0.4) is 0 Å². The zero-order chi connectivity index (χ0) is 19.6. The van der Waals surface area contributed by atoms with Crippen LogP contribution in [0.2, 0.25) is 0 Å². The number of carbonyl (C=O) groups is 2. The topological polar surface area (TPSA) is 63.4 Å². The summed E-state index contributed by atoms with van der Waals surface area (Å²) in [6, 6.07) is 7.96. The molecule has 1 saturated heterocycles. The number of benzene rings is 2. The van der Waals surface area contributed by atoms with Crippen LogP contribution in [0.15, 0.2) is 36.4 Å². The first-order valence-electron chi connectivity index (χ1n) is 8.67. The predicted molar refractivity (Wildman–Crippen MR) is 93.6 cm³/mol. The Morgan fingerprint density at radius 1 is 1.00 bits per heavy atom. The summed E-state index contributed by atoms with van der Waals surface area (Å²) >= 11 is 0. The Morgan fingerprint density at radius 3 is 2.07 bits per heavy atom. The van der Waals surface area contributed by atoms with Gasteiger partial charge >= 0.3 is 0 Å². The lowest BCUT2D eigenvalue weighted by Crippen LogP contribution is -2.40. The Bertz CT molecular complexity index is 837. The van der Waals surface area contributed by atoms with Gasteiger partial charge in [-0.2, -0.15) is 0 Å². The van der Waals surface area contributed by atoms with Crippen LogP contribution in [-0.4, -0.2) is 29.7 Å². The van der Waals surface area contributed by atoms with Crippen molar-refractivity contribution in [2.24, 2.45) is 11.7 Å². The van der Waals surface area contributed by atoms with Crippen LogP contribution in [-0.2, 0) is 6.54 Å². The van der Waals surface area contributed by atoms with Crippen LogP contribution in [0, 0.1) is 23.4 Å². The van der Waals surface area contributed by atoms with E-state index >= 15 is 0 Å². The number of amides is 1. The van der Waals surface area contributed by atoms with E-state index in [9.17, 15) is 22.8 Å². The summed E-state index contributed by atoms with van der Waals surface area (Å²) in [5, 5.41) is 0. The second-order valence-electron chi connectivity index (χ2n) is 6.58. The second kappa shape index (κ2) is 7.92. The summed E-state index contributed by atoms with van der Waals surface area (Å²) in [4.78, 5) is 26.6. The number of likely N-dealkylation sites (tertiary alicyclic amines) is 1. The Hall–Kier alpha value is -2.67. The van der Waals surface area contributed by atoms with Crippen molar-refractivity contribution in [1.82, 2.24) is 4.90 Å². The number of rotatable bonds is 4. The van der Waals surface area contributed by atoms with Crippen LogP contribution < -0.4 is 5.73 Å². The standard InChI is InChI=1S/C20H19F3N2O2/c21-15-9-16(22)18(17(23)10-15)19(26)13-5-7-25(8-6-13)20(27)14-3-1-12(11-24)2-4-14/h1-4,9-10,13H,5-8,11,24H2. The fraction of sp³-hybridized carbons (Fsp3) is 0.300. The minimum absolute atomic E-state index is 0.163. The Kier molecular flexibility index (Phi) is 5.60. The first-order valence-corrected chi connectivity index (χ1v) is 8.67. The van der Waals surface area contributed by atoms with E-state index in [0.29, 0.717) is 50.2 Å². The highest BCUT2D eigenvalue weighted by atomic mass is 19.1. The molecular formula is C20H19F3N2O2. The zero-order valence-corrected chi connectivity index (χ0v) is 14.6. The van der Waals surface area contributed by atoms with Gasteiger partial charge in [0.05, 0.1) is 5.56 Å². The lowest BCUT2D eigenvalue weighted by molar-refractivity contribution is 0.0647. The molecule has 2 aromatic rings. The van der Waals surface area contributed by atoms with Crippen molar-refractivity contribution in [2.45, 2.75) is 19.4 Å².